The molecule has 0 unspecified atom stereocenters. The van der Waals surface area contributed by atoms with E-state index in [0.717, 1.165) is 0 Å². The Morgan fingerprint density at radius 2 is 0.556 bits per heavy atom. The maximum absolute atomic E-state index is 8.61. The Bertz CT molecular complexity index is 164. The van der Waals surface area contributed by atoms with Gasteiger partial charge >= 0.3 is 28.9 Å². The summed E-state index contributed by atoms with van der Waals surface area (Å²) in [5.41, 5.74) is 0. The average Bonchev–Trinajstić information content (AvgIpc) is 0.722. The van der Waals surface area contributed by atoms with Crippen LogP contribution in [-0.2, 0) is 28.9 Å². The van der Waals surface area contributed by atoms with Crippen molar-refractivity contribution in [2.24, 2.45) is 0 Å². The molecule has 9 heavy (non-hydrogen) atoms. The topological polar surface area (TPSA) is 68.3 Å². The summed E-state index contributed by atoms with van der Waals surface area (Å²) >= 11 is -5.86. The third-order valence-electron chi connectivity index (χ3n) is 0. The van der Waals surface area contributed by atoms with Crippen LogP contribution in [-0.4, -0.2) is 0 Å². The molecule has 5 heteroatoms. The summed E-state index contributed by atoms with van der Waals surface area (Å²) in [5, 5.41) is 0. The molecule has 0 fully saturated rings. The average molecular weight is 225 g/mol. The van der Waals surface area contributed by atoms with E-state index in [1.54, 1.807) is 0 Å². The summed E-state index contributed by atoms with van der Waals surface area (Å²) in [5.74, 6) is 0. The van der Waals surface area contributed by atoms with Crippen LogP contribution in [0, 0.1) is 29.7 Å². The minimum absolute atomic E-state index is 0. The van der Waals surface area contributed by atoms with Crippen molar-refractivity contribution in [2.75, 3.05) is 0 Å². The van der Waals surface area contributed by atoms with Crippen LogP contribution in [0.4, 0.5) is 0 Å². The van der Waals surface area contributed by atoms with E-state index in [9.17, 15) is 0 Å². The zero-order valence-electron chi connectivity index (χ0n) is 5.99. The molecule has 0 radical (unpaired) electrons. The standard InChI is InChI=1S/4CH3.4O.Ru/h4*1H3;;;;;/q4*-1;;;;;. The van der Waals surface area contributed by atoms with Gasteiger partial charge in [-0.3, -0.25) is 0 Å². The van der Waals surface area contributed by atoms with Gasteiger partial charge in [0.15, 0.2) is 0 Å². The molecule has 0 spiro atoms. The van der Waals surface area contributed by atoms with Crippen molar-refractivity contribution in [3.8, 4) is 0 Å². The zero-order valence-corrected chi connectivity index (χ0v) is 7.72. The second-order valence-electron chi connectivity index (χ2n) is 0.354. The van der Waals surface area contributed by atoms with E-state index in [-0.39, 0.29) is 29.7 Å². The van der Waals surface area contributed by atoms with Crippen LogP contribution in [0.5, 0.6) is 0 Å². The first kappa shape index (κ1) is 36.9. The molecule has 4 nitrogen and oxygen atoms in total. The molecule has 0 aromatic carbocycles. The van der Waals surface area contributed by atoms with Gasteiger partial charge in [0.1, 0.15) is 0 Å². The molecule has 0 aliphatic rings. The van der Waals surface area contributed by atoms with Crippen molar-refractivity contribution in [1.29, 1.82) is 0 Å². The Morgan fingerprint density at radius 1 is 0.556 bits per heavy atom. The SMILES string of the molecule is [CH3-].[CH3-].[CH3-].[CH3-].[O]=[Ru](=[O])(=[O])=[O]. The molecular weight excluding hydrogens is 213 g/mol. The van der Waals surface area contributed by atoms with E-state index >= 15 is 0 Å². The molecule has 0 aromatic rings. The predicted octanol–water partition coefficient (Wildman–Crippen LogP) is 1.32. The summed E-state index contributed by atoms with van der Waals surface area (Å²) in [4.78, 5) is 0. The number of hydrogen-bond acceptors (Lipinski definition) is 4. The fraction of sp³-hybridized carbons (Fsp3) is 0. The van der Waals surface area contributed by atoms with E-state index in [2.05, 4.69) is 0 Å². The second kappa shape index (κ2) is 10.7. The van der Waals surface area contributed by atoms with Gasteiger partial charge in [0.05, 0.1) is 0 Å². The van der Waals surface area contributed by atoms with Gasteiger partial charge in [0.2, 0.25) is 0 Å². The van der Waals surface area contributed by atoms with E-state index < -0.39 is 14.6 Å². The van der Waals surface area contributed by atoms with Crippen molar-refractivity contribution < 1.29 is 28.9 Å². The Morgan fingerprint density at radius 3 is 0.556 bits per heavy atom. The second-order valence-corrected chi connectivity index (χ2v) is 2.09. The Balaban J connectivity index is -0.0000000133. The first-order valence-corrected chi connectivity index (χ1v) is 3.42. The Labute approximate surface area is 59.1 Å². The fourth-order valence-corrected chi connectivity index (χ4v) is 0. The van der Waals surface area contributed by atoms with Gasteiger partial charge in [0, 0.05) is 0 Å². The van der Waals surface area contributed by atoms with Crippen molar-refractivity contribution in [3.63, 3.8) is 0 Å². The first-order valence-electron chi connectivity index (χ1n) is 0.577. The van der Waals surface area contributed by atoms with Crippen LogP contribution in [0.25, 0.3) is 0 Å². The monoisotopic (exact) mass is 226 g/mol. The molecule has 0 saturated carbocycles. The molecule has 64 valence electrons. The van der Waals surface area contributed by atoms with Crippen LogP contribution in [0.1, 0.15) is 0 Å². The van der Waals surface area contributed by atoms with Crippen LogP contribution >= 0.6 is 0 Å². The quantitative estimate of drug-likeness (QED) is 0.460. The summed E-state index contributed by atoms with van der Waals surface area (Å²) in [6, 6.07) is 0. The summed E-state index contributed by atoms with van der Waals surface area (Å²) in [6.07, 6.45) is 0. The van der Waals surface area contributed by atoms with Gasteiger partial charge in [-0.25, -0.2) is 0 Å². The predicted molar refractivity (Wildman–Crippen MR) is 28.4 cm³/mol. The molecule has 0 bridgehead atoms. The third kappa shape index (κ3) is 8500. The molecule has 0 N–H and O–H groups in total. The molecule has 0 aliphatic carbocycles. The minimum atomic E-state index is -5.86. The van der Waals surface area contributed by atoms with E-state index in [4.69, 9.17) is 14.3 Å². The van der Waals surface area contributed by atoms with Crippen molar-refractivity contribution in [1.82, 2.24) is 0 Å². The normalized spacial score (nSPS) is 6.22. The summed E-state index contributed by atoms with van der Waals surface area (Å²) < 4.78 is 34.4. The number of hydrogen-bond donors (Lipinski definition) is 0. The molecule has 0 heterocycles. The van der Waals surface area contributed by atoms with Crippen molar-refractivity contribution in [2.45, 2.75) is 0 Å². The first-order chi connectivity index (χ1) is 2.00. The van der Waals surface area contributed by atoms with Crippen molar-refractivity contribution >= 4 is 0 Å². The molecule has 0 rings (SSSR count). The maximum atomic E-state index is 8.61. The van der Waals surface area contributed by atoms with Gasteiger partial charge in [-0.15, -0.1) is 0 Å². The third-order valence-corrected chi connectivity index (χ3v) is 0. The Kier molecular flexibility index (Phi) is 44.1. The van der Waals surface area contributed by atoms with Crippen molar-refractivity contribution in [3.05, 3.63) is 29.7 Å². The molecular formula is C4H12O4Ru-4. The molecule has 0 aromatic heterocycles. The van der Waals surface area contributed by atoms with E-state index in [1.165, 1.54) is 0 Å². The fourth-order valence-electron chi connectivity index (χ4n) is 0. The zero-order chi connectivity index (χ0) is 4.50. The summed E-state index contributed by atoms with van der Waals surface area (Å²) in [6.45, 7) is 0. The molecule has 0 amide bonds. The summed E-state index contributed by atoms with van der Waals surface area (Å²) in [7, 11) is 0. The van der Waals surface area contributed by atoms with E-state index in [0.29, 0.717) is 0 Å². The number of rotatable bonds is 0. The van der Waals surface area contributed by atoms with Gasteiger partial charge in [-0.1, -0.05) is 0 Å². The van der Waals surface area contributed by atoms with E-state index in [1.807, 2.05) is 0 Å². The van der Waals surface area contributed by atoms with Crippen LogP contribution < -0.4 is 0 Å². The van der Waals surface area contributed by atoms with Crippen LogP contribution in [0.2, 0.25) is 0 Å². The molecule has 0 atom stereocenters. The molecule has 0 aliphatic heterocycles. The van der Waals surface area contributed by atoms with Gasteiger partial charge < -0.3 is 29.7 Å². The van der Waals surface area contributed by atoms with Gasteiger partial charge in [-0.2, -0.15) is 0 Å². The molecule has 0 saturated heterocycles. The van der Waals surface area contributed by atoms with Gasteiger partial charge in [-0.05, 0) is 0 Å². The van der Waals surface area contributed by atoms with Crippen LogP contribution in [0.3, 0.4) is 0 Å². The Hall–Kier alpha value is -0.177. The van der Waals surface area contributed by atoms with Gasteiger partial charge in [0.25, 0.3) is 0 Å². The van der Waals surface area contributed by atoms with Crippen LogP contribution in [0.15, 0.2) is 0 Å².